The number of fused-ring (bicyclic) bond motifs is 1. The molecule has 0 spiro atoms. The lowest BCUT2D eigenvalue weighted by molar-refractivity contribution is 0.210. The largest absolute Gasteiger partial charge is 0.497 e. The van der Waals surface area contributed by atoms with E-state index in [2.05, 4.69) is 20.3 Å². The van der Waals surface area contributed by atoms with Crippen LogP contribution in [0, 0.1) is 0 Å². The molecule has 0 saturated carbocycles. The van der Waals surface area contributed by atoms with Gasteiger partial charge in [-0.1, -0.05) is 18.2 Å². The van der Waals surface area contributed by atoms with Gasteiger partial charge in [-0.3, -0.25) is 9.36 Å². The van der Waals surface area contributed by atoms with Crippen molar-refractivity contribution < 1.29 is 9.47 Å². The van der Waals surface area contributed by atoms with Crippen LogP contribution in [-0.4, -0.2) is 46.9 Å². The average molecular weight is 417 g/mol. The molecular weight excluding hydrogens is 394 g/mol. The van der Waals surface area contributed by atoms with Gasteiger partial charge in [0.2, 0.25) is 5.95 Å². The number of anilines is 1. The smallest absolute Gasteiger partial charge is 0.261 e. The van der Waals surface area contributed by atoms with Gasteiger partial charge in [-0.2, -0.15) is 0 Å². The van der Waals surface area contributed by atoms with Crippen molar-refractivity contribution in [2.24, 2.45) is 0 Å². The molecule has 158 valence electrons. The number of benzene rings is 2. The monoisotopic (exact) mass is 417 g/mol. The molecule has 4 aromatic rings. The molecule has 4 rings (SSSR count). The normalized spacial score (nSPS) is 10.9. The molecule has 0 amide bonds. The van der Waals surface area contributed by atoms with Crippen molar-refractivity contribution in [3.63, 3.8) is 0 Å². The van der Waals surface area contributed by atoms with Crippen LogP contribution in [0.4, 0.5) is 5.95 Å². The zero-order chi connectivity index (χ0) is 21.6. The summed E-state index contributed by atoms with van der Waals surface area (Å²) in [5.41, 5.74) is 3.04. The summed E-state index contributed by atoms with van der Waals surface area (Å²) in [5, 5.41) is 3.65. The van der Waals surface area contributed by atoms with E-state index in [0.29, 0.717) is 36.5 Å². The average Bonchev–Trinajstić information content (AvgIpc) is 2.81. The van der Waals surface area contributed by atoms with E-state index in [1.54, 1.807) is 31.3 Å². The van der Waals surface area contributed by atoms with Gasteiger partial charge in [0.25, 0.3) is 5.56 Å². The minimum atomic E-state index is -0.109. The summed E-state index contributed by atoms with van der Waals surface area (Å²) in [5.74, 6) is 1.26. The number of rotatable bonds is 8. The summed E-state index contributed by atoms with van der Waals surface area (Å²) in [6.45, 7) is 1.57. The quantitative estimate of drug-likeness (QED) is 0.441. The third-order valence-corrected chi connectivity index (χ3v) is 4.85. The van der Waals surface area contributed by atoms with E-state index in [0.717, 1.165) is 22.6 Å². The second-order valence-corrected chi connectivity index (χ2v) is 6.95. The van der Waals surface area contributed by atoms with Crippen molar-refractivity contribution in [1.29, 1.82) is 0 Å². The predicted octanol–water partition coefficient (Wildman–Crippen LogP) is 2.97. The molecule has 31 heavy (non-hydrogen) atoms. The Morgan fingerprint density at radius 3 is 2.81 bits per heavy atom. The van der Waals surface area contributed by atoms with E-state index in [1.165, 1.54) is 0 Å². The lowest BCUT2D eigenvalue weighted by atomic mass is 10.1. The van der Waals surface area contributed by atoms with Gasteiger partial charge in [0.1, 0.15) is 5.75 Å². The Hall–Kier alpha value is -3.78. The number of ether oxygens (including phenoxy) is 2. The Morgan fingerprint density at radius 2 is 1.97 bits per heavy atom. The highest BCUT2D eigenvalue weighted by Crippen LogP contribution is 2.21. The lowest BCUT2D eigenvalue weighted by Crippen LogP contribution is -2.21. The van der Waals surface area contributed by atoms with Crippen LogP contribution in [0.1, 0.15) is 5.56 Å². The van der Waals surface area contributed by atoms with E-state index in [-0.39, 0.29) is 5.56 Å². The molecule has 8 nitrogen and oxygen atoms in total. The number of nitrogens with zero attached hydrogens (tertiary/aromatic N) is 4. The van der Waals surface area contributed by atoms with Gasteiger partial charge in [-0.25, -0.2) is 15.0 Å². The van der Waals surface area contributed by atoms with Gasteiger partial charge >= 0.3 is 0 Å². The van der Waals surface area contributed by atoms with E-state index in [4.69, 9.17) is 9.47 Å². The van der Waals surface area contributed by atoms with E-state index >= 15 is 0 Å². The Bertz CT molecular complexity index is 1260. The van der Waals surface area contributed by atoms with Crippen molar-refractivity contribution in [3.8, 4) is 17.0 Å². The first kappa shape index (κ1) is 20.5. The molecule has 0 atom stereocenters. The SMILES string of the molecule is COCCNc1nccc(-c2ccc3ncn(Cc4cccc(OC)c4)c(=O)c3c2)n1. The molecule has 0 saturated heterocycles. The van der Waals surface area contributed by atoms with Crippen LogP contribution in [0.15, 0.2) is 65.8 Å². The van der Waals surface area contributed by atoms with Gasteiger partial charge in [0.15, 0.2) is 0 Å². The number of methoxy groups -OCH3 is 2. The summed E-state index contributed by atoms with van der Waals surface area (Å²) in [4.78, 5) is 26.4. The Balaban J connectivity index is 1.66. The molecule has 1 N–H and O–H groups in total. The molecule has 8 heteroatoms. The van der Waals surface area contributed by atoms with Gasteiger partial charge in [-0.05, 0) is 35.9 Å². The highest BCUT2D eigenvalue weighted by molar-refractivity contribution is 5.83. The summed E-state index contributed by atoms with van der Waals surface area (Å²) in [6, 6.07) is 15.0. The summed E-state index contributed by atoms with van der Waals surface area (Å²) >= 11 is 0. The highest BCUT2D eigenvalue weighted by atomic mass is 16.5. The zero-order valence-electron chi connectivity index (χ0n) is 17.4. The topological polar surface area (TPSA) is 91.2 Å². The Morgan fingerprint density at radius 1 is 1.06 bits per heavy atom. The van der Waals surface area contributed by atoms with Crippen molar-refractivity contribution >= 4 is 16.9 Å². The van der Waals surface area contributed by atoms with Crippen LogP contribution < -0.4 is 15.6 Å². The third-order valence-electron chi connectivity index (χ3n) is 4.85. The molecule has 2 aromatic carbocycles. The predicted molar refractivity (Wildman–Crippen MR) is 119 cm³/mol. The van der Waals surface area contributed by atoms with Crippen LogP contribution in [0.3, 0.4) is 0 Å². The maximum atomic E-state index is 13.1. The first-order chi connectivity index (χ1) is 15.2. The van der Waals surface area contributed by atoms with Gasteiger partial charge in [0.05, 0.1) is 43.2 Å². The minimum Gasteiger partial charge on any atom is -0.497 e. The zero-order valence-corrected chi connectivity index (χ0v) is 17.4. The standard InChI is InChI=1S/C23H23N5O3/c1-30-11-10-25-23-24-9-8-20(27-23)17-6-7-21-19(13-17)22(29)28(15-26-21)14-16-4-3-5-18(12-16)31-2/h3-9,12-13,15H,10-11,14H2,1-2H3,(H,24,25,27). The van der Waals surface area contributed by atoms with Gasteiger partial charge in [0, 0.05) is 25.4 Å². The summed E-state index contributed by atoms with van der Waals surface area (Å²) in [6.07, 6.45) is 3.26. The van der Waals surface area contributed by atoms with E-state index < -0.39 is 0 Å². The molecular formula is C23H23N5O3. The van der Waals surface area contributed by atoms with Crippen molar-refractivity contribution in [1.82, 2.24) is 19.5 Å². The Labute approximate surface area is 179 Å². The van der Waals surface area contributed by atoms with Gasteiger partial charge < -0.3 is 14.8 Å². The third kappa shape index (κ3) is 4.70. The van der Waals surface area contributed by atoms with Crippen LogP contribution in [0.2, 0.25) is 0 Å². The Kier molecular flexibility index (Phi) is 6.18. The molecule has 0 unspecified atom stereocenters. The van der Waals surface area contributed by atoms with Crippen molar-refractivity contribution in [2.75, 3.05) is 32.7 Å². The second-order valence-electron chi connectivity index (χ2n) is 6.95. The van der Waals surface area contributed by atoms with Crippen LogP contribution in [0.5, 0.6) is 5.75 Å². The lowest BCUT2D eigenvalue weighted by Gasteiger charge is -2.09. The summed E-state index contributed by atoms with van der Waals surface area (Å²) < 4.78 is 11.9. The first-order valence-electron chi connectivity index (χ1n) is 9.86. The molecule has 2 heterocycles. The highest BCUT2D eigenvalue weighted by Gasteiger charge is 2.09. The fraction of sp³-hybridized carbons (Fsp3) is 0.217. The molecule has 2 aromatic heterocycles. The van der Waals surface area contributed by atoms with Gasteiger partial charge in [-0.15, -0.1) is 0 Å². The number of nitrogens with one attached hydrogen (secondary N) is 1. The minimum absolute atomic E-state index is 0.109. The van der Waals surface area contributed by atoms with E-state index in [1.807, 2.05) is 48.5 Å². The molecule has 0 bridgehead atoms. The molecule has 0 aliphatic heterocycles. The van der Waals surface area contributed by atoms with Crippen LogP contribution in [-0.2, 0) is 11.3 Å². The maximum absolute atomic E-state index is 13.1. The second kappa shape index (κ2) is 9.36. The van der Waals surface area contributed by atoms with Crippen molar-refractivity contribution in [3.05, 3.63) is 77.0 Å². The maximum Gasteiger partial charge on any atom is 0.261 e. The fourth-order valence-electron chi connectivity index (χ4n) is 3.27. The van der Waals surface area contributed by atoms with E-state index in [9.17, 15) is 4.79 Å². The molecule has 0 aliphatic rings. The van der Waals surface area contributed by atoms with Crippen molar-refractivity contribution in [2.45, 2.75) is 6.54 Å². The van der Waals surface area contributed by atoms with Crippen LogP contribution >= 0.6 is 0 Å². The molecule has 0 fully saturated rings. The fourth-order valence-corrected chi connectivity index (χ4v) is 3.27. The number of aromatic nitrogens is 4. The number of hydrogen-bond acceptors (Lipinski definition) is 7. The number of hydrogen-bond donors (Lipinski definition) is 1. The molecule has 0 aliphatic carbocycles. The first-order valence-corrected chi connectivity index (χ1v) is 9.86. The molecule has 0 radical (unpaired) electrons. The summed E-state index contributed by atoms with van der Waals surface area (Å²) in [7, 11) is 3.26. The van der Waals surface area contributed by atoms with Crippen LogP contribution in [0.25, 0.3) is 22.2 Å².